The molecule has 7 nitrogen and oxygen atoms in total. The Morgan fingerprint density at radius 1 is 1.38 bits per heavy atom. The number of aryl methyl sites for hydroxylation is 1. The maximum absolute atomic E-state index is 12.2. The van der Waals surface area contributed by atoms with Gasteiger partial charge in [0.2, 0.25) is 0 Å². The Morgan fingerprint density at radius 2 is 2.05 bits per heavy atom. The lowest BCUT2D eigenvalue weighted by molar-refractivity contribution is 0.0740. The number of hydrazine groups is 1. The number of aliphatic hydroxyl groups excluding tert-OH is 1. The third kappa shape index (κ3) is 3.15. The van der Waals surface area contributed by atoms with E-state index in [2.05, 4.69) is 9.97 Å². The number of rotatable bonds is 4. The first-order valence-corrected chi connectivity index (χ1v) is 6.28. The van der Waals surface area contributed by atoms with Gasteiger partial charge >= 0.3 is 0 Å². The van der Waals surface area contributed by atoms with E-state index in [0.717, 1.165) is 5.01 Å². The molecule has 21 heavy (non-hydrogen) atoms. The highest BCUT2D eigenvalue weighted by atomic mass is 16.3. The molecule has 2 aromatic rings. The molecule has 7 heteroatoms. The number of nitrogens with zero attached hydrogens (tertiary/aromatic N) is 3. The predicted molar refractivity (Wildman–Crippen MR) is 74.9 cm³/mol. The molecule has 0 unspecified atom stereocenters. The molecule has 0 fully saturated rings. The first kappa shape index (κ1) is 14.9. The molecule has 0 radical (unpaired) electrons. The van der Waals surface area contributed by atoms with Crippen LogP contribution in [0.25, 0.3) is 0 Å². The van der Waals surface area contributed by atoms with Crippen LogP contribution in [0.3, 0.4) is 0 Å². The number of hydrogen-bond acceptors (Lipinski definition) is 6. The smallest absolute Gasteiger partial charge is 0.268 e. The van der Waals surface area contributed by atoms with Gasteiger partial charge in [-0.25, -0.2) is 5.84 Å². The summed E-state index contributed by atoms with van der Waals surface area (Å²) in [6, 6.07) is 3.10. The van der Waals surface area contributed by atoms with E-state index in [1.807, 2.05) is 0 Å². The molecule has 2 aromatic heterocycles. The molecule has 0 aromatic carbocycles. The summed E-state index contributed by atoms with van der Waals surface area (Å²) in [6.07, 6.45) is 4.44. The largest absolute Gasteiger partial charge is 0.506 e. The predicted octanol–water partition coefficient (Wildman–Crippen LogP) is 0.499. The van der Waals surface area contributed by atoms with Crippen molar-refractivity contribution >= 4 is 5.91 Å². The number of aromatic nitrogens is 2. The summed E-state index contributed by atoms with van der Waals surface area (Å²) in [5.74, 6) is 5.30. The quantitative estimate of drug-likeness (QED) is 0.429. The second-order valence-corrected chi connectivity index (χ2v) is 4.52. The topological polar surface area (TPSA) is 113 Å². The summed E-state index contributed by atoms with van der Waals surface area (Å²) in [5.41, 5.74) is 1.61. The number of aliphatic hydroxyl groups is 1. The number of nitrogens with two attached hydrogens (primary N) is 1. The Morgan fingerprint density at radius 3 is 2.67 bits per heavy atom. The molecule has 0 saturated carbocycles. The average Bonchev–Trinajstić information content (AvgIpc) is 2.52. The minimum atomic E-state index is -0.407. The summed E-state index contributed by atoms with van der Waals surface area (Å²) in [4.78, 5) is 19.9. The Bertz CT molecular complexity index is 646. The van der Waals surface area contributed by atoms with Gasteiger partial charge in [0.15, 0.2) is 0 Å². The van der Waals surface area contributed by atoms with Crippen molar-refractivity contribution in [3.8, 4) is 5.75 Å². The van der Waals surface area contributed by atoms with Crippen molar-refractivity contribution in [1.29, 1.82) is 0 Å². The third-order valence-electron chi connectivity index (χ3n) is 3.12. The summed E-state index contributed by atoms with van der Waals surface area (Å²) < 4.78 is 0. The number of pyridine rings is 2. The maximum Gasteiger partial charge on any atom is 0.268 e. The van der Waals surface area contributed by atoms with E-state index in [9.17, 15) is 15.0 Å². The number of aromatic hydroxyl groups is 1. The Hall–Kier alpha value is -2.51. The van der Waals surface area contributed by atoms with Gasteiger partial charge in [0.05, 0.1) is 18.8 Å². The van der Waals surface area contributed by atoms with Crippen LogP contribution in [0.2, 0.25) is 0 Å². The second-order valence-electron chi connectivity index (χ2n) is 4.52. The lowest BCUT2D eigenvalue weighted by atomic mass is 10.1. The highest BCUT2D eigenvalue weighted by Gasteiger charge is 2.18. The first-order chi connectivity index (χ1) is 10.0. The van der Waals surface area contributed by atoms with Crippen molar-refractivity contribution < 1.29 is 15.0 Å². The fourth-order valence-corrected chi connectivity index (χ4v) is 1.90. The van der Waals surface area contributed by atoms with E-state index >= 15 is 0 Å². The van der Waals surface area contributed by atoms with Crippen molar-refractivity contribution in [1.82, 2.24) is 15.0 Å². The van der Waals surface area contributed by atoms with Crippen LogP contribution in [0.1, 0.15) is 27.2 Å². The standard InChI is InChI=1S/C14H16N4O3/c1-9-13(20)12(11(8-19)6-17-9)7-18(15)14(21)10-2-4-16-5-3-10/h2-6,19-20H,7-8,15H2,1H3. The van der Waals surface area contributed by atoms with Crippen LogP contribution in [0.5, 0.6) is 5.75 Å². The Kier molecular flexibility index (Phi) is 4.46. The molecule has 0 spiro atoms. The fourth-order valence-electron chi connectivity index (χ4n) is 1.90. The van der Waals surface area contributed by atoms with Gasteiger partial charge in [-0.15, -0.1) is 0 Å². The van der Waals surface area contributed by atoms with Gasteiger partial charge in [0, 0.05) is 35.3 Å². The fraction of sp³-hybridized carbons (Fsp3) is 0.214. The molecule has 0 aliphatic carbocycles. The lowest BCUT2D eigenvalue weighted by Crippen LogP contribution is -2.37. The first-order valence-electron chi connectivity index (χ1n) is 6.28. The molecule has 0 aliphatic rings. The molecular weight excluding hydrogens is 272 g/mol. The van der Waals surface area contributed by atoms with Gasteiger partial charge in [0.25, 0.3) is 5.91 Å². The van der Waals surface area contributed by atoms with E-state index in [4.69, 9.17) is 5.84 Å². The highest BCUT2D eigenvalue weighted by Crippen LogP contribution is 2.25. The summed E-state index contributed by atoms with van der Waals surface area (Å²) in [6.45, 7) is 1.30. The molecule has 1 amide bonds. The molecule has 0 saturated heterocycles. The number of amides is 1. The molecular formula is C14H16N4O3. The van der Waals surface area contributed by atoms with Gasteiger partial charge in [-0.1, -0.05) is 0 Å². The third-order valence-corrected chi connectivity index (χ3v) is 3.12. The molecule has 4 N–H and O–H groups in total. The number of hydrogen-bond donors (Lipinski definition) is 3. The van der Waals surface area contributed by atoms with Crippen LogP contribution < -0.4 is 5.84 Å². The van der Waals surface area contributed by atoms with Crippen molar-refractivity contribution in [2.45, 2.75) is 20.1 Å². The van der Waals surface area contributed by atoms with E-state index < -0.39 is 5.91 Å². The maximum atomic E-state index is 12.2. The normalized spacial score (nSPS) is 10.4. The summed E-state index contributed by atoms with van der Waals surface area (Å²) in [7, 11) is 0. The van der Waals surface area contributed by atoms with Crippen molar-refractivity contribution in [2.24, 2.45) is 5.84 Å². The number of carbonyl (C=O) groups is 1. The Balaban J connectivity index is 2.26. The highest BCUT2D eigenvalue weighted by molar-refractivity contribution is 5.93. The number of carbonyl (C=O) groups excluding carboxylic acids is 1. The van der Waals surface area contributed by atoms with E-state index in [-0.39, 0.29) is 18.9 Å². The average molecular weight is 288 g/mol. The van der Waals surface area contributed by atoms with Crippen LogP contribution in [0.15, 0.2) is 30.7 Å². The van der Waals surface area contributed by atoms with Crippen LogP contribution in [-0.4, -0.2) is 31.1 Å². The lowest BCUT2D eigenvalue weighted by Gasteiger charge is -2.19. The van der Waals surface area contributed by atoms with Crippen molar-refractivity contribution in [3.63, 3.8) is 0 Å². The van der Waals surface area contributed by atoms with Gasteiger partial charge in [-0.3, -0.25) is 19.8 Å². The minimum absolute atomic E-state index is 0.0355. The molecule has 110 valence electrons. The Labute approximate surface area is 121 Å². The van der Waals surface area contributed by atoms with E-state index in [0.29, 0.717) is 22.4 Å². The van der Waals surface area contributed by atoms with E-state index in [1.165, 1.54) is 18.6 Å². The second kappa shape index (κ2) is 6.29. The minimum Gasteiger partial charge on any atom is -0.506 e. The van der Waals surface area contributed by atoms with Crippen molar-refractivity contribution in [2.75, 3.05) is 0 Å². The van der Waals surface area contributed by atoms with Gasteiger partial charge in [-0.2, -0.15) is 0 Å². The molecule has 2 rings (SSSR count). The molecule has 0 aliphatic heterocycles. The van der Waals surface area contributed by atoms with Gasteiger partial charge < -0.3 is 10.2 Å². The van der Waals surface area contributed by atoms with Crippen LogP contribution >= 0.6 is 0 Å². The van der Waals surface area contributed by atoms with Crippen LogP contribution in [0, 0.1) is 6.92 Å². The zero-order valence-electron chi connectivity index (χ0n) is 11.5. The zero-order chi connectivity index (χ0) is 15.4. The SMILES string of the molecule is Cc1ncc(CO)c(CN(N)C(=O)c2ccncc2)c1O. The summed E-state index contributed by atoms with van der Waals surface area (Å²) in [5, 5.41) is 20.3. The van der Waals surface area contributed by atoms with Gasteiger partial charge in [0.1, 0.15) is 5.75 Å². The summed E-state index contributed by atoms with van der Waals surface area (Å²) >= 11 is 0. The van der Waals surface area contributed by atoms with E-state index in [1.54, 1.807) is 19.1 Å². The van der Waals surface area contributed by atoms with Crippen LogP contribution in [0.4, 0.5) is 0 Å². The molecule has 0 bridgehead atoms. The van der Waals surface area contributed by atoms with Crippen LogP contribution in [-0.2, 0) is 13.2 Å². The van der Waals surface area contributed by atoms with Crippen molar-refractivity contribution in [3.05, 3.63) is 53.1 Å². The molecule has 0 atom stereocenters. The zero-order valence-corrected chi connectivity index (χ0v) is 11.5. The van der Waals surface area contributed by atoms with Gasteiger partial charge in [-0.05, 0) is 19.1 Å². The molecule has 2 heterocycles. The monoisotopic (exact) mass is 288 g/mol.